The summed E-state index contributed by atoms with van der Waals surface area (Å²) in [5, 5.41) is 5.63. The maximum absolute atomic E-state index is 13.1. The van der Waals surface area contributed by atoms with Gasteiger partial charge < -0.3 is 24.8 Å². The van der Waals surface area contributed by atoms with Crippen molar-refractivity contribution in [3.8, 4) is 5.75 Å². The third-order valence-electron chi connectivity index (χ3n) is 6.38. The number of nitrogens with one attached hydrogen (secondary N) is 2. The van der Waals surface area contributed by atoms with Crippen LogP contribution in [0.1, 0.15) is 28.5 Å². The molecule has 0 saturated carbocycles. The Kier molecular flexibility index (Phi) is 5.75. The summed E-state index contributed by atoms with van der Waals surface area (Å²) in [6.45, 7) is 1.59. The van der Waals surface area contributed by atoms with Gasteiger partial charge in [0, 0.05) is 43.1 Å². The molecule has 5 rings (SSSR count). The van der Waals surface area contributed by atoms with Gasteiger partial charge in [0.25, 0.3) is 11.5 Å². The zero-order valence-electron chi connectivity index (χ0n) is 18.7. The molecule has 4 heterocycles. The minimum absolute atomic E-state index is 0.0577. The first-order chi connectivity index (χ1) is 16.5. The number of urea groups is 1. The minimum atomic E-state index is -0.421. The van der Waals surface area contributed by atoms with Crippen molar-refractivity contribution in [1.82, 2.24) is 14.5 Å². The van der Waals surface area contributed by atoms with Crippen LogP contribution in [-0.4, -0.2) is 46.6 Å². The fraction of sp³-hybridized carbons (Fsp3) is 0.280. The summed E-state index contributed by atoms with van der Waals surface area (Å²) in [5.41, 5.74) is 1.84. The van der Waals surface area contributed by atoms with Gasteiger partial charge >= 0.3 is 6.03 Å². The van der Waals surface area contributed by atoms with E-state index in [4.69, 9.17) is 4.74 Å². The van der Waals surface area contributed by atoms with Gasteiger partial charge in [-0.25, -0.2) is 4.79 Å². The number of carbonyl (C=O) groups excluding carboxylic acids is 2. The highest BCUT2D eigenvalue weighted by Crippen LogP contribution is 2.35. The van der Waals surface area contributed by atoms with Crippen LogP contribution in [0.2, 0.25) is 0 Å². The number of carbonyl (C=O) groups is 2. The summed E-state index contributed by atoms with van der Waals surface area (Å²) in [4.78, 5) is 44.3. The Morgan fingerprint density at radius 1 is 1.00 bits per heavy atom. The summed E-state index contributed by atoms with van der Waals surface area (Å²) in [6, 6.07) is 15.6. The zero-order chi connectivity index (χ0) is 23.7. The highest BCUT2D eigenvalue weighted by Gasteiger charge is 2.36. The minimum Gasteiger partial charge on any atom is -0.497 e. The monoisotopic (exact) mass is 459 g/mol. The summed E-state index contributed by atoms with van der Waals surface area (Å²) >= 11 is 0. The van der Waals surface area contributed by atoms with Crippen molar-refractivity contribution in [1.29, 1.82) is 0 Å². The van der Waals surface area contributed by atoms with Crippen molar-refractivity contribution in [2.75, 3.05) is 30.8 Å². The van der Waals surface area contributed by atoms with Gasteiger partial charge in [-0.05, 0) is 60.9 Å². The van der Waals surface area contributed by atoms with Crippen LogP contribution in [0, 0.1) is 5.92 Å². The number of methoxy groups -OCH3 is 1. The number of likely N-dealkylation sites (tertiary alicyclic amines) is 1. The molecular weight excluding hydrogens is 434 g/mol. The summed E-state index contributed by atoms with van der Waals surface area (Å²) in [7, 11) is 1.60. The lowest BCUT2D eigenvalue weighted by atomic mass is 9.83. The Labute approximate surface area is 196 Å². The van der Waals surface area contributed by atoms with Gasteiger partial charge in [0.15, 0.2) is 0 Å². The van der Waals surface area contributed by atoms with Crippen LogP contribution in [0.25, 0.3) is 0 Å². The lowest BCUT2D eigenvalue weighted by molar-refractivity contribution is 0.102. The normalized spacial score (nSPS) is 18.6. The number of rotatable bonds is 4. The Balaban J connectivity index is 1.31. The number of anilines is 2. The van der Waals surface area contributed by atoms with Crippen LogP contribution in [0.5, 0.6) is 5.75 Å². The number of amides is 3. The topological polar surface area (TPSA) is 106 Å². The first-order valence-electron chi connectivity index (χ1n) is 11.2. The van der Waals surface area contributed by atoms with Crippen molar-refractivity contribution in [2.24, 2.45) is 5.92 Å². The molecule has 0 unspecified atom stereocenters. The molecule has 9 heteroatoms. The predicted octanol–water partition coefficient (Wildman–Crippen LogP) is 3.16. The van der Waals surface area contributed by atoms with E-state index in [-0.39, 0.29) is 34.8 Å². The van der Waals surface area contributed by atoms with E-state index in [2.05, 4.69) is 15.6 Å². The number of nitrogens with zero attached hydrogens (tertiary/aromatic N) is 3. The number of ether oxygens (including phenoxy) is 1. The van der Waals surface area contributed by atoms with E-state index in [1.807, 2.05) is 11.0 Å². The third kappa shape index (κ3) is 4.24. The van der Waals surface area contributed by atoms with Gasteiger partial charge in [0.05, 0.1) is 7.11 Å². The van der Waals surface area contributed by atoms with Gasteiger partial charge in [-0.1, -0.05) is 6.07 Å². The molecule has 2 atom stereocenters. The molecule has 0 spiro atoms. The maximum atomic E-state index is 13.1. The van der Waals surface area contributed by atoms with Crippen molar-refractivity contribution in [3.05, 3.63) is 82.5 Å². The number of aromatic nitrogens is 2. The number of hydrogen-bond donors (Lipinski definition) is 2. The van der Waals surface area contributed by atoms with Gasteiger partial charge in [0.2, 0.25) is 0 Å². The second-order valence-corrected chi connectivity index (χ2v) is 8.62. The molecule has 3 amide bonds. The quantitative estimate of drug-likeness (QED) is 0.624. The van der Waals surface area contributed by atoms with E-state index in [1.54, 1.807) is 60.2 Å². The Morgan fingerprint density at radius 2 is 1.82 bits per heavy atom. The van der Waals surface area contributed by atoms with Gasteiger partial charge in [-0.3, -0.25) is 14.6 Å². The third-order valence-corrected chi connectivity index (χ3v) is 6.38. The maximum Gasteiger partial charge on any atom is 0.321 e. The molecule has 3 aromatic rings. The first kappa shape index (κ1) is 21.7. The van der Waals surface area contributed by atoms with E-state index in [0.717, 1.165) is 17.9 Å². The molecule has 174 valence electrons. The van der Waals surface area contributed by atoms with Crippen LogP contribution >= 0.6 is 0 Å². The SMILES string of the molecule is COc1ccc(NC(=O)N2C[C@@H]3C[C@H](C2)c2ccc(NC(=O)c4ccccn4)c(=O)n2C3)cc1. The smallest absolute Gasteiger partial charge is 0.321 e. The van der Waals surface area contributed by atoms with Crippen LogP contribution < -0.4 is 20.9 Å². The first-order valence-corrected chi connectivity index (χ1v) is 11.2. The molecule has 9 nitrogen and oxygen atoms in total. The summed E-state index contributed by atoms with van der Waals surface area (Å²) < 4.78 is 6.90. The summed E-state index contributed by atoms with van der Waals surface area (Å²) in [5.74, 6) is 0.522. The molecule has 0 aliphatic carbocycles. The van der Waals surface area contributed by atoms with Crippen LogP contribution in [0.15, 0.2) is 65.6 Å². The van der Waals surface area contributed by atoms with Crippen molar-refractivity contribution >= 4 is 23.3 Å². The molecule has 1 fully saturated rings. The number of fused-ring (bicyclic) bond motifs is 4. The Hall–Kier alpha value is -4.14. The van der Waals surface area contributed by atoms with E-state index < -0.39 is 5.91 Å². The fourth-order valence-electron chi connectivity index (χ4n) is 4.77. The molecule has 34 heavy (non-hydrogen) atoms. The molecule has 1 saturated heterocycles. The molecule has 2 aromatic heterocycles. The predicted molar refractivity (Wildman–Crippen MR) is 127 cm³/mol. The van der Waals surface area contributed by atoms with Gasteiger partial charge in [-0.2, -0.15) is 0 Å². The number of piperidine rings is 1. The number of pyridine rings is 2. The highest BCUT2D eigenvalue weighted by molar-refractivity contribution is 6.02. The van der Waals surface area contributed by atoms with E-state index in [1.165, 1.54) is 6.20 Å². The molecule has 2 aliphatic rings. The molecular formula is C25H25N5O4. The summed E-state index contributed by atoms with van der Waals surface area (Å²) in [6.07, 6.45) is 2.46. The van der Waals surface area contributed by atoms with Gasteiger partial charge in [-0.15, -0.1) is 0 Å². The molecule has 0 radical (unpaired) electrons. The van der Waals surface area contributed by atoms with E-state index in [0.29, 0.717) is 25.3 Å². The lowest BCUT2D eigenvalue weighted by Crippen LogP contribution is -2.50. The average molecular weight is 460 g/mol. The fourth-order valence-corrected chi connectivity index (χ4v) is 4.77. The van der Waals surface area contributed by atoms with Crippen molar-refractivity contribution < 1.29 is 14.3 Å². The number of hydrogen-bond acceptors (Lipinski definition) is 5. The van der Waals surface area contributed by atoms with Crippen molar-refractivity contribution in [2.45, 2.75) is 18.9 Å². The molecule has 2 bridgehead atoms. The zero-order valence-corrected chi connectivity index (χ0v) is 18.7. The largest absolute Gasteiger partial charge is 0.497 e. The Bertz CT molecular complexity index is 1270. The van der Waals surface area contributed by atoms with Crippen LogP contribution in [-0.2, 0) is 6.54 Å². The average Bonchev–Trinajstić information content (AvgIpc) is 2.87. The number of benzene rings is 1. The Morgan fingerprint density at radius 3 is 2.56 bits per heavy atom. The van der Waals surface area contributed by atoms with E-state index in [9.17, 15) is 14.4 Å². The molecule has 2 aliphatic heterocycles. The van der Waals surface area contributed by atoms with Gasteiger partial charge in [0.1, 0.15) is 17.1 Å². The highest BCUT2D eigenvalue weighted by atomic mass is 16.5. The lowest BCUT2D eigenvalue weighted by Gasteiger charge is -2.42. The van der Waals surface area contributed by atoms with Crippen LogP contribution in [0.3, 0.4) is 0 Å². The van der Waals surface area contributed by atoms with E-state index >= 15 is 0 Å². The second-order valence-electron chi connectivity index (χ2n) is 8.62. The van der Waals surface area contributed by atoms with Crippen molar-refractivity contribution in [3.63, 3.8) is 0 Å². The standard InChI is InChI=1S/C25H25N5O4/c1-34-19-7-5-18(6-8-19)27-25(33)29-13-16-12-17(15-29)22-10-9-21(24(32)30(22)14-16)28-23(31)20-4-2-3-11-26-20/h2-11,16-17H,12-15H2,1H3,(H,27,33)(H,28,31)/t16-,17+/m0/s1. The molecule has 2 N–H and O–H groups in total. The van der Waals surface area contributed by atoms with Crippen LogP contribution in [0.4, 0.5) is 16.2 Å². The molecule has 1 aromatic carbocycles. The second kappa shape index (κ2) is 9.01.